The van der Waals surface area contributed by atoms with Crippen molar-refractivity contribution in [3.05, 3.63) is 29.8 Å². The molecule has 0 spiro atoms. The first-order valence-electron chi connectivity index (χ1n) is 8.38. The monoisotopic (exact) mass is 354 g/mol. The SMILES string of the molecule is CC(C)CCNC(=O)c1ccc(S(=O)(=O)NCC2CCCO2)cc1. The second kappa shape index (κ2) is 8.60. The summed E-state index contributed by atoms with van der Waals surface area (Å²) in [5, 5.41) is 2.83. The minimum atomic E-state index is -3.58. The molecule has 24 heavy (non-hydrogen) atoms. The van der Waals surface area contributed by atoms with Crippen molar-refractivity contribution in [2.24, 2.45) is 5.92 Å². The average Bonchev–Trinajstić information content (AvgIpc) is 3.06. The van der Waals surface area contributed by atoms with Crippen LogP contribution in [0.5, 0.6) is 0 Å². The Morgan fingerprint density at radius 3 is 2.58 bits per heavy atom. The van der Waals surface area contributed by atoms with Gasteiger partial charge in [0, 0.05) is 25.3 Å². The molecule has 1 unspecified atom stereocenters. The van der Waals surface area contributed by atoms with Crippen LogP contribution in [0.25, 0.3) is 0 Å². The first-order chi connectivity index (χ1) is 11.4. The lowest BCUT2D eigenvalue weighted by atomic mass is 10.1. The van der Waals surface area contributed by atoms with Gasteiger partial charge in [-0.3, -0.25) is 4.79 Å². The van der Waals surface area contributed by atoms with Crippen LogP contribution in [0.2, 0.25) is 0 Å². The van der Waals surface area contributed by atoms with E-state index in [-0.39, 0.29) is 23.5 Å². The highest BCUT2D eigenvalue weighted by molar-refractivity contribution is 7.89. The summed E-state index contributed by atoms with van der Waals surface area (Å²) in [6.07, 6.45) is 2.70. The summed E-state index contributed by atoms with van der Waals surface area (Å²) < 4.78 is 32.5. The Kier molecular flexibility index (Phi) is 6.77. The fourth-order valence-corrected chi connectivity index (χ4v) is 3.52. The Balaban J connectivity index is 1.90. The fourth-order valence-electron chi connectivity index (χ4n) is 2.45. The van der Waals surface area contributed by atoms with E-state index in [0.29, 0.717) is 24.6 Å². The van der Waals surface area contributed by atoms with Crippen LogP contribution in [-0.4, -0.2) is 40.1 Å². The van der Waals surface area contributed by atoms with Crippen molar-refractivity contribution in [3.8, 4) is 0 Å². The number of amides is 1. The number of carbonyl (C=O) groups is 1. The second-order valence-electron chi connectivity index (χ2n) is 6.45. The molecule has 134 valence electrons. The maximum Gasteiger partial charge on any atom is 0.251 e. The first kappa shape index (κ1) is 18.9. The van der Waals surface area contributed by atoms with E-state index in [9.17, 15) is 13.2 Å². The number of carbonyl (C=O) groups excluding carboxylic acids is 1. The number of hydrogen-bond acceptors (Lipinski definition) is 4. The minimum Gasteiger partial charge on any atom is -0.377 e. The largest absolute Gasteiger partial charge is 0.377 e. The van der Waals surface area contributed by atoms with E-state index in [1.165, 1.54) is 24.3 Å². The lowest BCUT2D eigenvalue weighted by Crippen LogP contribution is -2.32. The Morgan fingerprint density at radius 2 is 2.00 bits per heavy atom. The summed E-state index contributed by atoms with van der Waals surface area (Å²) in [5.41, 5.74) is 0.455. The molecule has 0 bridgehead atoms. The van der Waals surface area contributed by atoms with Crippen LogP contribution < -0.4 is 10.0 Å². The molecule has 2 rings (SSSR count). The van der Waals surface area contributed by atoms with Gasteiger partial charge in [0.2, 0.25) is 10.0 Å². The molecule has 1 heterocycles. The maximum absolute atomic E-state index is 12.2. The van der Waals surface area contributed by atoms with Gasteiger partial charge in [0.1, 0.15) is 0 Å². The van der Waals surface area contributed by atoms with Crippen molar-refractivity contribution in [3.63, 3.8) is 0 Å². The lowest BCUT2D eigenvalue weighted by Gasteiger charge is -2.12. The van der Waals surface area contributed by atoms with Crippen LogP contribution in [0.15, 0.2) is 29.2 Å². The van der Waals surface area contributed by atoms with Crippen LogP contribution >= 0.6 is 0 Å². The third-order valence-electron chi connectivity index (χ3n) is 3.96. The molecule has 6 nitrogen and oxygen atoms in total. The van der Waals surface area contributed by atoms with Crippen LogP contribution in [0.1, 0.15) is 43.5 Å². The van der Waals surface area contributed by atoms with E-state index in [0.717, 1.165) is 19.3 Å². The molecule has 1 aliphatic heterocycles. The predicted octanol–water partition coefficient (Wildman–Crippen LogP) is 1.92. The van der Waals surface area contributed by atoms with E-state index in [1.807, 2.05) is 0 Å². The summed E-state index contributed by atoms with van der Waals surface area (Å²) in [4.78, 5) is 12.1. The summed E-state index contributed by atoms with van der Waals surface area (Å²) in [6, 6.07) is 5.97. The molecule has 1 amide bonds. The van der Waals surface area contributed by atoms with Crippen molar-refractivity contribution in [1.29, 1.82) is 0 Å². The average molecular weight is 354 g/mol. The zero-order valence-corrected chi connectivity index (χ0v) is 15.1. The zero-order valence-electron chi connectivity index (χ0n) is 14.2. The van der Waals surface area contributed by atoms with Gasteiger partial charge < -0.3 is 10.1 Å². The van der Waals surface area contributed by atoms with Crippen LogP contribution in [0, 0.1) is 5.92 Å². The third kappa shape index (κ3) is 5.58. The van der Waals surface area contributed by atoms with Gasteiger partial charge in [0.05, 0.1) is 11.0 Å². The Morgan fingerprint density at radius 1 is 1.29 bits per heavy atom. The summed E-state index contributed by atoms with van der Waals surface area (Å²) >= 11 is 0. The highest BCUT2D eigenvalue weighted by atomic mass is 32.2. The molecule has 2 N–H and O–H groups in total. The van der Waals surface area contributed by atoms with Crippen LogP contribution in [0.3, 0.4) is 0 Å². The molecule has 1 aromatic rings. The van der Waals surface area contributed by atoms with E-state index in [1.54, 1.807) is 0 Å². The molecule has 0 saturated carbocycles. The fraction of sp³-hybridized carbons (Fsp3) is 0.588. The van der Waals surface area contributed by atoms with Gasteiger partial charge in [-0.1, -0.05) is 13.8 Å². The number of benzene rings is 1. The number of sulfonamides is 1. The van der Waals surface area contributed by atoms with E-state index >= 15 is 0 Å². The van der Waals surface area contributed by atoms with Gasteiger partial charge in [0.15, 0.2) is 0 Å². The minimum absolute atomic E-state index is 0.0502. The van der Waals surface area contributed by atoms with Crippen LogP contribution in [0.4, 0.5) is 0 Å². The van der Waals surface area contributed by atoms with Gasteiger partial charge in [-0.15, -0.1) is 0 Å². The molecule has 1 aromatic carbocycles. The maximum atomic E-state index is 12.2. The van der Waals surface area contributed by atoms with Crippen molar-refractivity contribution in [2.45, 2.75) is 44.1 Å². The lowest BCUT2D eigenvalue weighted by molar-refractivity contribution is 0.0952. The topological polar surface area (TPSA) is 84.5 Å². The molecule has 0 radical (unpaired) electrons. The molecule has 1 atom stereocenters. The predicted molar refractivity (Wildman–Crippen MR) is 92.4 cm³/mol. The quantitative estimate of drug-likeness (QED) is 0.747. The smallest absolute Gasteiger partial charge is 0.251 e. The first-order valence-corrected chi connectivity index (χ1v) is 9.86. The van der Waals surface area contributed by atoms with Gasteiger partial charge in [0.25, 0.3) is 5.91 Å². The number of ether oxygens (including phenoxy) is 1. The molecule has 1 aliphatic rings. The van der Waals surface area contributed by atoms with E-state index < -0.39 is 10.0 Å². The number of nitrogens with one attached hydrogen (secondary N) is 2. The second-order valence-corrected chi connectivity index (χ2v) is 8.22. The molecule has 0 aromatic heterocycles. The highest BCUT2D eigenvalue weighted by Crippen LogP contribution is 2.14. The summed E-state index contributed by atoms with van der Waals surface area (Å²) in [6.45, 7) is 5.76. The van der Waals surface area contributed by atoms with Gasteiger partial charge in [-0.2, -0.15) is 0 Å². The van der Waals surface area contributed by atoms with Crippen molar-refractivity contribution < 1.29 is 17.9 Å². The van der Waals surface area contributed by atoms with Crippen molar-refractivity contribution in [1.82, 2.24) is 10.0 Å². The number of rotatable bonds is 8. The Hall–Kier alpha value is -1.44. The molecule has 7 heteroatoms. The third-order valence-corrected chi connectivity index (χ3v) is 5.40. The molecular formula is C17H26N2O4S. The van der Waals surface area contributed by atoms with Gasteiger partial charge in [-0.05, 0) is 49.4 Å². The zero-order chi connectivity index (χ0) is 17.6. The summed E-state index contributed by atoms with van der Waals surface area (Å²) in [7, 11) is -3.58. The van der Waals surface area contributed by atoms with Crippen molar-refractivity contribution >= 4 is 15.9 Å². The Labute approximate surface area is 144 Å². The van der Waals surface area contributed by atoms with E-state index in [2.05, 4.69) is 23.9 Å². The molecular weight excluding hydrogens is 328 g/mol. The molecule has 1 saturated heterocycles. The van der Waals surface area contributed by atoms with E-state index in [4.69, 9.17) is 4.74 Å². The van der Waals surface area contributed by atoms with Crippen LogP contribution in [-0.2, 0) is 14.8 Å². The van der Waals surface area contributed by atoms with Gasteiger partial charge in [-0.25, -0.2) is 13.1 Å². The molecule has 0 aliphatic carbocycles. The Bertz CT molecular complexity index is 635. The standard InChI is InChI=1S/C17H26N2O4S/c1-13(2)9-10-18-17(20)14-5-7-16(8-6-14)24(21,22)19-12-15-4-3-11-23-15/h5-8,13,15,19H,3-4,9-12H2,1-2H3,(H,18,20). The summed E-state index contributed by atoms with van der Waals surface area (Å²) in [5.74, 6) is 0.333. The number of hydrogen-bond donors (Lipinski definition) is 2. The molecule has 1 fully saturated rings. The van der Waals surface area contributed by atoms with Crippen molar-refractivity contribution in [2.75, 3.05) is 19.7 Å². The van der Waals surface area contributed by atoms with Gasteiger partial charge >= 0.3 is 0 Å². The normalized spacial score (nSPS) is 18.0. The highest BCUT2D eigenvalue weighted by Gasteiger charge is 2.20.